The van der Waals surface area contributed by atoms with Crippen LogP contribution < -0.4 is 11.1 Å². The predicted octanol–water partition coefficient (Wildman–Crippen LogP) is 2.81. The Bertz CT molecular complexity index is 769. The molecule has 106 valence electrons. The summed E-state index contributed by atoms with van der Waals surface area (Å²) in [5.41, 5.74) is 3.85. The van der Waals surface area contributed by atoms with Crippen LogP contribution in [0.2, 0.25) is 0 Å². The molecule has 2 aromatic rings. The van der Waals surface area contributed by atoms with E-state index in [4.69, 9.17) is 11.0 Å². The third kappa shape index (κ3) is 2.79. The highest BCUT2D eigenvalue weighted by Crippen LogP contribution is 2.21. The van der Waals surface area contributed by atoms with Gasteiger partial charge in [-0.3, -0.25) is 4.79 Å². The van der Waals surface area contributed by atoms with Crippen molar-refractivity contribution in [1.29, 1.82) is 5.26 Å². The van der Waals surface area contributed by atoms with Crippen LogP contribution in [-0.2, 0) is 0 Å². The first-order valence-electron chi connectivity index (χ1n) is 5.68. The Hall–Kier alpha value is -3.01. The van der Waals surface area contributed by atoms with Gasteiger partial charge >= 0.3 is 0 Å². The number of amides is 1. The molecule has 0 aliphatic carbocycles. The molecule has 0 aliphatic heterocycles. The van der Waals surface area contributed by atoms with Gasteiger partial charge < -0.3 is 11.1 Å². The summed E-state index contributed by atoms with van der Waals surface area (Å²) < 4.78 is 40.0. The van der Waals surface area contributed by atoms with Crippen molar-refractivity contribution in [3.8, 4) is 6.07 Å². The molecule has 2 aromatic carbocycles. The normalized spacial score (nSPS) is 10.0. The van der Waals surface area contributed by atoms with Crippen LogP contribution in [0.5, 0.6) is 0 Å². The van der Waals surface area contributed by atoms with Crippen molar-refractivity contribution < 1.29 is 18.0 Å². The molecule has 3 N–H and O–H groups in total. The van der Waals surface area contributed by atoms with E-state index in [-0.39, 0.29) is 11.3 Å². The van der Waals surface area contributed by atoms with E-state index in [2.05, 4.69) is 5.32 Å². The molecule has 0 atom stereocenters. The van der Waals surface area contributed by atoms with E-state index in [1.165, 1.54) is 12.1 Å². The zero-order valence-corrected chi connectivity index (χ0v) is 10.5. The third-order valence-corrected chi connectivity index (χ3v) is 2.70. The molecule has 21 heavy (non-hydrogen) atoms. The van der Waals surface area contributed by atoms with Gasteiger partial charge in [0.25, 0.3) is 5.91 Å². The molecule has 0 saturated carbocycles. The molecule has 0 saturated heterocycles. The Balaban J connectivity index is 2.38. The molecule has 0 bridgehead atoms. The van der Waals surface area contributed by atoms with Gasteiger partial charge in [0.15, 0.2) is 0 Å². The number of anilines is 2. The number of benzene rings is 2. The van der Waals surface area contributed by atoms with Crippen LogP contribution in [0.25, 0.3) is 0 Å². The van der Waals surface area contributed by atoms with Crippen LogP contribution in [0, 0.1) is 28.8 Å². The number of nitrogens with zero attached hydrogens (tertiary/aromatic N) is 1. The Labute approximate surface area is 117 Å². The van der Waals surface area contributed by atoms with Crippen LogP contribution >= 0.6 is 0 Å². The molecule has 0 spiro atoms. The predicted molar refractivity (Wildman–Crippen MR) is 69.8 cm³/mol. The highest BCUT2D eigenvalue weighted by Gasteiger charge is 2.17. The Morgan fingerprint density at radius 1 is 1.14 bits per heavy atom. The zero-order chi connectivity index (χ0) is 15.6. The largest absolute Gasteiger partial charge is 0.396 e. The minimum absolute atomic E-state index is 0.121. The SMILES string of the molecule is N#Cc1c(F)cccc1NC(=O)c1cc(N)c(F)cc1F. The van der Waals surface area contributed by atoms with Gasteiger partial charge in [0.2, 0.25) is 0 Å². The second kappa shape index (κ2) is 5.54. The molecule has 4 nitrogen and oxygen atoms in total. The number of nitrogen functional groups attached to an aromatic ring is 1. The Morgan fingerprint density at radius 3 is 2.52 bits per heavy atom. The number of nitrogens with one attached hydrogen (secondary N) is 1. The topological polar surface area (TPSA) is 78.9 Å². The van der Waals surface area contributed by atoms with Crippen LogP contribution in [0.3, 0.4) is 0 Å². The van der Waals surface area contributed by atoms with Crippen LogP contribution in [0.4, 0.5) is 24.5 Å². The molecule has 0 radical (unpaired) electrons. The molecular formula is C14H8F3N3O. The van der Waals surface area contributed by atoms with Crippen molar-refractivity contribution >= 4 is 17.3 Å². The Kier molecular flexibility index (Phi) is 3.80. The number of nitrogens with two attached hydrogens (primary N) is 1. The fourth-order valence-electron chi connectivity index (χ4n) is 1.67. The minimum atomic E-state index is -1.12. The van der Waals surface area contributed by atoms with Crippen molar-refractivity contribution in [1.82, 2.24) is 0 Å². The van der Waals surface area contributed by atoms with E-state index < -0.39 is 34.6 Å². The summed E-state index contributed by atoms with van der Waals surface area (Å²) >= 11 is 0. The summed E-state index contributed by atoms with van der Waals surface area (Å²) in [5.74, 6) is -3.91. The lowest BCUT2D eigenvalue weighted by Crippen LogP contribution is -2.16. The lowest BCUT2D eigenvalue weighted by molar-refractivity contribution is 0.102. The van der Waals surface area contributed by atoms with E-state index in [9.17, 15) is 18.0 Å². The third-order valence-electron chi connectivity index (χ3n) is 2.70. The maximum atomic E-state index is 13.5. The van der Waals surface area contributed by atoms with E-state index in [0.29, 0.717) is 6.07 Å². The molecule has 7 heteroatoms. The second-order valence-corrected chi connectivity index (χ2v) is 4.08. The first-order chi connectivity index (χ1) is 9.93. The van der Waals surface area contributed by atoms with Gasteiger partial charge in [-0.25, -0.2) is 13.2 Å². The fraction of sp³-hybridized carbons (Fsp3) is 0. The molecule has 0 heterocycles. The molecular weight excluding hydrogens is 283 g/mol. The van der Waals surface area contributed by atoms with Crippen LogP contribution in [0.15, 0.2) is 30.3 Å². The molecule has 2 rings (SSSR count). The summed E-state index contributed by atoms with van der Waals surface area (Å²) in [6, 6.07) is 6.49. The van der Waals surface area contributed by atoms with Crippen molar-refractivity contribution in [2.24, 2.45) is 0 Å². The van der Waals surface area contributed by atoms with Crippen molar-refractivity contribution in [3.63, 3.8) is 0 Å². The van der Waals surface area contributed by atoms with Gasteiger partial charge in [0.05, 0.1) is 16.9 Å². The molecule has 0 aliphatic rings. The first-order valence-corrected chi connectivity index (χ1v) is 5.68. The summed E-state index contributed by atoms with van der Waals surface area (Å²) in [6.45, 7) is 0. The van der Waals surface area contributed by atoms with Gasteiger partial charge in [0, 0.05) is 6.07 Å². The number of rotatable bonds is 2. The van der Waals surface area contributed by atoms with Gasteiger partial charge in [-0.05, 0) is 18.2 Å². The average Bonchev–Trinajstić information content (AvgIpc) is 2.43. The van der Waals surface area contributed by atoms with Gasteiger partial charge in [-0.15, -0.1) is 0 Å². The standard InChI is InChI=1S/C14H8F3N3O/c15-9-2-1-3-13(8(9)6-18)20-14(21)7-4-12(19)11(17)5-10(7)16/h1-5H,19H2,(H,20,21). The lowest BCUT2D eigenvalue weighted by Gasteiger charge is -2.09. The quantitative estimate of drug-likeness (QED) is 0.835. The van der Waals surface area contributed by atoms with E-state index in [1.807, 2.05) is 0 Å². The van der Waals surface area contributed by atoms with Crippen LogP contribution in [-0.4, -0.2) is 5.91 Å². The molecule has 0 fully saturated rings. The monoisotopic (exact) mass is 291 g/mol. The van der Waals surface area contributed by atoms with Crippen molar-refractivity contribution in [3.05, 3.63) is 58.9 Å². The first kappa shape index (κ1) is 14.4. The van der Waals surface area contributed by atoms with E-state index in [0.717, 1.165) is 12.1 Å². The zero-order valence-electron chi connectivity index (χ0n) is 10.5. The number of carbonyl (C=O) groups excluding carboxylic acids is 1. The number of carbonyl (C=O) groups is 1. The summed E-state index contributed by atoms with van der Waals surface area (Å²) in [5, 5.41) is 11.0. The second-order valence-electron chi connectivity index (χ2n) is 4.08. The van der Waals surface area contributed by atoms with Crippen molar-refractivity contribution in [2.45, 2.75) is 0 Å². The summed E-state index contributed by atoms with van der Waals surface area (Å²) in [6.07, 6.45) is 0. The average molecular weight is 291 g/mol. The van der Waals surface area contributed by atoms with Gasteiger partial charge in [0.1, 0.15) is 29.1 Å². The maximum Gasteiger partial charge on any atom is 0.258 e. The molecule has 1 amide bonds. The highest BCUT2D eigenvalue weighted by atomic mass is 19.1. The van der Waals surface area contributed by atoms with Crippen LogP contribution in [0.1, 0.15) is 15.9 Å². The number of hydrogen-bond donors (Lipinski definition) is 2. The van der Waals surface area contributed by atoms with E-state index >= 15 is 0 Å². The Morgan fingerprint density at radius 2 is 1.86 bits per heavy atom. The summed E-state index contributed by atoms with van der Waals surface area (Å²) in [4.78, 5) is 11.9. The maximum absolute atomic E-state index is 13.5. The smallest absolute Gasteiger partial charge is 0.258 e. The number of hydrogen-bond acceptors (Lipinski definition) is 3. The highest BCUT2D eigenvalue weighted by molar-refractivity contribution is 6.05. The minimum Gasteiger partial charge on any atom is -0.396 e. The fourth-order valence-corrected chi connectivity index (χ4v) is 1.67. The van der Waals surface area contributed by atoms with E-state index in [1.54, 1.807) is 6.07 Å². The van der Waals surface area contributed by atoms with Gasteiger partial charge in [-0.1, -0.05) is 6.07 Å². The van der Waals surface area contributed by atoms with Gasteiger partial charge in [-0.2, -0.15) is 5.26 Å². The van der Waals surface area contributed by atoms with Crippen molar-refractivity contribution in [2.75, 3.05) is 11.1 Å². The lowest BCUT2D eigenvalue weighted by atomic mass is 10.1. The molecule has 0 unspecified atom stereocenters. The molecule has 0 aromatic heterocycles. The number of nitriles is 1. The number of halogens is 3. The summed E-state index contributed by atoms with van der Waals surface area (Å²) in [7, 11) is 0.